The molecule has 8 nitrogen and oxygen atoms in total. The maximum atomic E-state index is 11.0. The first-order chi connectivity index (χ1) is 15.6. The molecule has 0 aliphatic carbocycles. The van der Waals surface area contributed by atoms with Crippen LogP contribution in [0, 0.1) is 0 Å². The number of hydrogen-bond donors (Lipinski definition) is 2. The van der Waals surface area contributed by atoms with Gasteiger partial charge in [0.2, 0.25) is 5.91 Å². The number of carbonyl (C=O) groups is 1. The van der Waals surface area contributed by atoms with Gasteiger partial charge in [-0.25, -0.2) is 4.98 Å². The molecule has 1 amide bonds. The van der Waals surface area contributed by atoms with Crippen molar-refractivity contribution in [1.29, 1.82) is 0 Å². The molecular weight excluding hydrogens is 487 g/mol. The Balaban J connectivity index is 0.000000235. The summed E-state index contributed by atoms with van der Waals surface area (Å²) >= 11 is 11.2. The van der Waals surface area contributed by atoms with Crippen LogP contribution in [0.1, 0.15) is 10.4 Å². The fourth-order valence-electron chi connectivity index (χ4n) is 3.23. The second-order valence-corrected chi connectivity index (χ2v) is 9.39. The lowest BCUT2D eigenvalue weighted by Gasteiger charge is -2.36. The van der Waals surface area contributed by atoms with Gasteiger partial charge in [-0.05, 0) is 42.5 Å². The molecule has 1 aliphatic heterocycles. The van der Waals surface area contributed by atoms with E-state index < -0.39 is 16.0 Å². The third-order valence-electron chi connectivity index (χ3n) is 4.94. The standard InChI is InChI=1S/C15H17N3O3S.C7H5Cl2NO/c19-22(20,21)14-6-7-15(16-12-14)18-10-8-17(9-11-18)13-4-2-1-3-5-13;8-4-1-2-5(7(10)11)6(9)3-4/h1-7,12H,8-11H2,(H,19,20,21);1-3H,(H2,10,11). The predicted molar refractivity (Wildman–Crippen MR) is 130 cm³/mol. The highest BCUT2D eigenvalue weighted by molar-refractivity contribution is 7.85. The second kappa shape index (κ2) is 10.8. The number of amides is 1. The molecule has 3 aromatic rings. The molecule has 0 spiro atoms. The topological polar surface area (TPSA) is 117 Å². The molecule has 3 N–H and O–H groups in total. The fraction of sp³-hybridized carbons (Fsp3) is 0.182. The lowest BCUT2D eigenvalue weighted by atomic mass is 10.2. The van der Waals surface area contributed by atoms with Gasteiger partial charge in [0.15, 0.2) is 0 Å². The van der Waals surface area contributed by atoms with Crippen LogP contribution >= 0.6 is 23.2 Å². The van der Waals surface area contributed by atoms with Gasteiger partial charge in [0.1, 0.15) is 10.7 Å². The maximum absolute atomic E-state index is 11.0. The predicted octanol–water partition coefficient (Wildman–Crippen LogP) is 3.75. The number of anilines is 2. The van der Waals surface area contributed by atoms with Crippen LogP contribution < -0.4 is 15.5 Å². The third kappa shape index (κ3) is 6.82. The average Bonchev–Trinajstić information content (AvgIpc) is 2.79. The van der Waals surface area contributed by atoms with Crippen molar-refractivity contribution in [2.45, 2.75) is 4.90 Å². The van der Waals surface area contributed by atoms with Gasteiger partial charge in [-0.3, -0.25) is 9.35 Å². The van der Waals surface area contributed by atoms with Crippen molar-refractivity contribution < 1.29 is 17.8 Å². The lowest BCUT2D eigenvalue weighted by molar-refractivity contribution is 0.100. The molecule has 33 heavy (non-hydrogen) atoms. The molecule has 4 rings (SSSR count). The molecule has 1 aromatic heterocycles. The summed E-state index contributed by atoms with van der Waals surface area (Å²) in [6.07, 6.45) is 1.19. The zero-order chi connectivity index (χ0) is 24.0. The van der Waals surface area contributed by atoms with E-state index >= 15 is 0 Å². The number of hydrogen-bond acceptors (Lipinski definition) is 6. The Morgan fingerprint density at radius 1 is 0.939 bits per heavy atom. The van der Waals surface area contributed by atoms with E-state index in [9.17, 15) is 13.2 Å². The van der Waals surface area contributed by atoms with Crippen molar-refractivity contribution in [2.75, 3.05) is 36.0 Å². The van der Waals surface area contributed by atoms with Crippen molar-refractivity contribution in [3.63, 3.8) is 0 Å². The summed E-state index contributed by atoms with van der Waals surface area (Å²) in [5.41, 5.74) is 6.49. The summed E-state index contributed by atoms with van der Waals surface area (Å²) in [6, 6.07) is 17.8. The normalized spacial score (nSPS) is 13.8. The number of rotatable bonds is 4. The highest BCUT2D eigenvalue weighted by atomic mass is 35.5. The minimum absolute atomic E-state index is 0.181. The quantitative estimate of drug-likeness (QED) is 0.515. The number of pyridine rings is 1. The highest BCUT2D eigenvalue weighted by Gasteiger charge is 2.19. The van der Waals surface area contributed by atoms with E-state index in [-0.39, 0.29) is 15.5 Å². The van der Waals surface area contributed by atoms with Crippen LogP contribution in [0.3, 0.4) is 0 Å². The van der Waals surface area contributed by atoms with Crippen molar-refractivity contribution in [3.8, 4) is 0 Å². The summed E-state index contributed by atoms with van der Waals surface area (Å²) in [6.45, 7) is 3.39. The minimum Gasteiger partial charge on any atom is -0.368 e. The van der Waals surface area contributed by atoms with Crippen LogP contribution in [0.4, 0.5) is 11.5 Å². The fourth-order valence-corrected chi connectivity index (χ4v) is 4.16. The number of primary amides is 1. The number of piperazine rings is 1. The van der Waals surface area contributed by atoms with Crippen LogP contribution in [0.2, 0.25) is 10.0 Å². The summed E-state index contributed by atoms with van der Waals surface area (Å²) < 4.78 is 31.0. The van der Waals surface area contributed by atoms with Gasteiger partial charge < -0.3 is 15.5 Å². The first-order valence-corrected chi connectivity index (χ1v) is 12.1. The molecule has 174 valence electrons. The second-order valence-electron chi connectivity index (χ2n) is 7.13. The van der Waals surface area contributed by atoms with Gasteiger partial charge in [0.05, 0.1) is 16.8 Å². The number of benzene rings is 2. The number of aromatic nitrogens is 1. The number of nitrogens with zero attached hydrogens (tertiary/aromatic N) is 3. The molecule has 1 aliphatic rings. The van der Waals surface area contributed by atoms with Crippen molar-refractivity contribution in [2.24, 2.45) is 5.73 Å². The smallest absolute Gasteiger partial charge is 0.296 e. The largest absolute Gasteiger partial charge is 0.368 e. The van der Waals surface area contributed by atoms with Gasteiger partial charge in [-0.2, -0.15) is 8.42 Å². The Kier molecular flexibility index (Phi) is 8.15. The Morgan fingerprint density at radius 2 is 1.58 bits per heavy atom. The van der Waals surface area contributed by atoms with Crippen molar-refractivity contribution >= 4 is 50.7 Å². The monoisotopic (exact) mass is 508 g/mol. The maximum Gasteiger partial charge on any atom is 0.296 e. The zero-order valence-electron chi connectivity index (χ0n) is 17.4. The molecule has 0 atom stereocenters. The Hall–Kier alpha value is -2.85. The van der Waals surface area contributed by atoms with Crippen molar-refractivity contribution in [3.05, 3.63) is 82.5 Å². The van der Waals surface area contributed by atoms with Crippen LogP contribution in [-0.4, -0.2) is 50.0 Å². The molecule has 0 radical (unpaired) electrons. The summed E-state index contributed by atoms with van der Waals surface area (Å²) in [4.78, 5) is 19.0. The number of nitrogens with two attached hydrogens (primary N) is 1. The molecule has 2 aromatic carbocycles. The van der Waals surface area contributed by atoms with Crippen molar-refractivity contribution in [1.82, 2.24) is 4.98 Å². The number of carbonyl (C=O) groups excluding carboxylic acids is 1. The van der Waals surface area contributed by atoms with E-state index in [1.807, 2.05) is 18.2 Å². The average molecular weight is 509 g/mol. The van der Waals surface area contributed by atoms with Gasteiger partial charge in [0, 0.05) is 36.9 Å². The van der Waals surface area contributed by atoms with E-state index in [0.717, 1.165) is 32.0 Å². The lowest BCUT2D eigenvalue weighted by Crippen LogP contribution is -2.46. The molecule has 0 saturated carbocycles. The number of halogens is 2. The van der Waals surface area contributed by atoms with E-state index in [2.05, 4.69) is 26.9 Å². The summed E-state index contributed by atoms with van der Waals surface area (Å²) in [5.74, 6) is 0.173. The van der Waals surface area contributed by atoms with Crippen LogP contribution in [0.15, 0.2) is 71.8 Å². The first-order valence-electron chi connectivity index (χ1n) is 9.88. The van der Waals surface area contributed by atoms with E-state index in [0.29, 0.717) is 5.02 Å². The molecule has 0 bridgehead atoms. The molecule has 1 fully saturated rings. The summed E-state index contributed by atoms with van der Waals surface area (Å²) in [5, 5.41) is 0.769. The van der Waals surface area contributed by atoms with Gasteiger partial charge in [-0.1, -0.05) is 41.4 Å². The third-order valence-corrected chi connectivity index (χ3v) is 6.33. The first kappa shape index (κ1) is 24.8. The molecular formula is C22H22Cl2N4O4S. The van der Waals surface area contributed by atoms with Crippen LogP contribution in [-0.2, 0) is 10.1 Å². The minimum atomic E-state index is -4.18. The van der Waals surface area contributed by atoms with Crippen LogP contribution in [0.25, 0.3) is 0 Å². The molecule has 0 unspecified atom stereocenters. The van der Waals surface area contributed by atoms with E-state index in [4.69, 9.17) is 33.5 Å². The van der Waals surface area contributed by atoms with Gasteiger partial charge >= 0.3 is 0 Å². The zero-order valence-corrected chi connectivity index (χ0v) is 19.8. The molecule has 11 heteroatoms. The Bertz CT molecular complexity index is 1200. The van der Waals surface area contributed by atoms with Gasteiger partial charge in [-0.15, -0.1) is 0 Å². The van der Waals surface area contributed by atoms with Gasteiger partial charge in [0.25, 0.3) is 10.1 Å². The Morgan fingerprint density at radius 3 is 2.09 bits per heavy atom. The van der Waals surface area contributed by atoms with E-state index in [1.165, 1.54) is 30.1 Å². The Labute approximate surface area is 202 Å². The SMILES string of the molecule is NC(=O)c1ccc(Cl)cc1Cl.O=S(=O)(O)c1ccc(N2CCN(c3ccccc3)CC2)nc1. The summed E-state index contributed by atoms with van der Waals surface area (Å²) in [7, 11) is -4.18. The molecule has 1 saturated heterocycles. The molecule has 2 heterocycles. The number of para-hydroxylation sites is 1. The highest BCUT2D eigenvalue weighted by Crippen LogP contribution is 2.21. The van der Waals surface area contributed by atoms with Crippen LogP contribution in [0.5, 0.6) is 0 Å². The van der Waals surface area contributed by atoms with E-state index in [1.54, 1.807) is 12.1 Å².